The normalized spacial score (nSPS) is 11.1. The van der Waals surface area contributed by atoms with Crippen molar-refractivity contribution in [2.45, 2.75) is 33.4 Å². The Kier molecular flexibility index (Phi) is 4.04. The number of aryl methyl sites for hydroxylation is 2. The maximum atomic E-state index is 4.53. The molecule has 2 aromatic rings. The quantitative estimate of drug-likeness (QED) is 0.837. The Labute approximate surface area is 117 Å². The zero-order chi connectivity index (χ0) is 12.4. The molecule has 0 bridgehead atoms. The number of hydrogen-bond acceptors (Lipinski definition) is 2. The molecule has 0 amide bonds. The first kappa shape index (κ1) is 12.8. The van der Waals surface area contributed by atoms with E-state index in [2.05, 4.69) is 62.0 Å². The standard InChI is InChI=1S/C11H14Br2N4/c1-3-8-5-9(16(4-2)14-8)7-17-11(13)6-10(12)15-17/h5-6H,3-4,7H2,1-2H3. The number of nitrogens with zero attached hydrogens (tertiary/aromatic N) is 4. The van der Waals surface area contributed by atoms with Crippen LogP contribution in [0.15, 0.2) is 21.3 Å². The van der Waals surface area contributed by atoms with Crippen molar-refractivity contribution in [3.63, 3.8) is 0 Å². The summed E-state index contributed by atoms with van der Waals surface area (Å²) in [5.41, 5.74) is 2.31. The van der Waals surface area contributed by atoms with Crippen LogP contribution in [-0.4, -0.2) is 19.6 Å². The van der Waals surface area contributed by atoms with Gasteiger partial charge < -0.3 is 0 Å². The van der Waals surface area contributed by atoms with E-state index >= 15 is 0 Å². The van der Waals surface area contributed by atoms with Gasteiger partial charge >= 0.3 is 0 Å². The van der Waals surface area contributed by atoms with Crippen LogP contribution < -0.4 is 0 Å². The Morgan fingerprint density at radius 3 is 2.41 bits per heavy atom. The second-order valence-electron chi connectivity index (χ2n) is 3.74. The largest absolute Gasteiger partial charge is 0.268 e. The van der Waals surface area contributed by atoms with Gasteiger partial charge in [0.05, 0.1) is 17.9 Å². The van der Waals surface area contributed by atoms with Gasteiger partial charge in [-0.2, -0.15) is 10.2 Å². The van der Waals surface area contributed by atoms with E-state index in [1.807, 2.05) is 15.4 Å². The summed E-state index contributed by atoms with van der Waals surface area (Å²) in [5, 5.41) is 8.89. The van der Waals surface area contributed by atoms with Crippen LogP contribution in [0, 0.1) is 0 Å². The van der Waals surface area contributed by atoms with Gasteiger partial charge in [-0.05, 0) is 51.3 Å². The summed E-state index contributed by atoms with van der Waals surface area (Å²) in [6.07, 6.45) is 0.962. The van der Waals surface area contributed by atoms with Crippen LogP contribution in [0.1, 0.15) is 25.2 Å². The molecular formula is C11H14Br2N4. The summed E-state index contributed by atoms with van der Waals surface area (Å²) >= 11 is 6.85. The van der Waals surface area contributed by atoms with Gasteiger partial charge in [0.15, 0.2) is 0 Å². The van der Waals surface area contributed by atoms with Crippen molar-refractivity contribution in [1.29, 1.82) is 0 Å². The Hall–Kier alpha value is -0.620. The fourth-order valence-corrected chi connectivity index (χ4v) is 2.85. The Morgan fingerprint density at radius 2 is 1.88 bits per heavy atom. The predicted octanol–water partition coefficient (Wildman–Crippen LogP) is 3.24. The van der Waals surface area contributed by atoms with E-state index in [9.17, 15) is 0 Å². The molecule has 6 heteroatoms. The third-order valence-electron chi connectivity index (χ3n) is 2.59. The Bertz CT molecular complexity index is 516. The minimum Gasteiger partial charge on any atom is -0.268 e. The smallest absolute Gasteiger partial charge is 0.129 e. The summed E-state index contributed by atoms with van der Waals surface area (Å²) in [4.78, 5) is 0. The van der Waals surface area contributed by atoms with Gasteiger partial charge in [0.1, 0.15) is 9.21 Å². The van der Waals surface area contributed by atoms with Gasteiger partial charge in [0.2, 0.25) is 0 Å². The first-order valence-electron chi connectivity index (χ1n) is 5.58. The molecule has 2 aromatic heterocycles. The zero-order valence-electron chi connectivity index (χ0n) is 9.82. The lowest BCUT2D eigenvalue weighted by Gasteiger charge is -2.05. The highest BCUT2D eigenvalue weighted by atomic mass is 79.9. The molecule has 0 saturated carbocycles. The number of rotatable bonds is 4. The highest BCUT2D eigenvalue weighted by Gasteiger charge is 2.09. The second kappa shape index (κ2) is 5.35. The molecule has 0 saturated heterocycles. The average molecular weight is 362 g/mol. The molecular weight excluding hydrogens is 348 g/mol. The molecule has 0 aliphatic heterocycles. The molecule has 4 nitrogen and oxygen atoms in total. The maximum absolute atomic E-state index is 4.53. The first-order chi connectivity index (χ1) is 8.13. The molecule has 0 atom stereocenters. The van der Waals surface area contributed by atoms with Gasteiger partial charge in [0.25, 0.3) is 0 Å². The van der Waals surface area contributed by atoms with Crippen molar-refractivity contribution < 1.29 is 0 Å². The second-order valence-corrected chi connectivity index (χ2v) is 5.37. The minimum atomic E-state index is 0.729. The van der Waals surface area contributed by atoms with E-state index in [-0.39, 0.29) is 0 Å². The van der Waals surface area contributed by atoms with Crippen LogP contribution >= 0.6 is 31.9 Å². The van der Waals surface area contributed by atoms with E-state index in [1.165, 1.54) is 5.69 Å². The van der Waals surface area contributed by atoms with Crippen LogP contribution in [0.3, 0.4) is 0 Å². The topological polar surface area (TPSA) is 35.6 Å². The van der Waals surface area contributed by atoms with Crippen molar-refractivity contribution in [3.8, 4) is 0 Å². The van der Waals surface area contributed by atoms with Crippen molar-refractivity contribution in [3.05, 3.63) is 32.7 Å². The van der Waals surface area contributed by atoms with Gasteiger partial charge in [0, 0.05) is 12.6 Å². The number of hydrogen-bond donors (Lipinski definition) is 0. The van der Waals surface area contributed by atoms with E-state index in [4.69, 9.17) is 0 Å². The predicted molar refractivity (Wildman–Crippen MR) is 74.0 cm³/mol. The highest BCUT2D eigenvalue weighted by Crippen LogP contribution is 2.18. The molecule has 92 valence electrons. The molecule has 0 radical (unpaired) electrons. The molecule has 0 fully saturated rings. The molecule has 0 N–H and O–H groups in total. The monoisotopic (exact) mass is 360 g/mol. The van der Waals surface area contributed by atoms with Gasteiger partial charge in [-0.1, -0.05) is 6.92 Å². The van der Waals surface area contributed by atoms with Crippen LogP contribution in [0.4, 0.5) is 0 Å². The molecule has 0 aromatic carbocycles. The average Bonchev–Trinajstić information content (AvgIpc) is 2.83. The van der Waals surface area contributed by atoms with E-state index in [1.54, 1.807) is 0 Å². The highest BCUT2D eigenvalue weighted by molar-refractivity contribution is 9.11. The SMILES string of the molecule is CCc1cc(Cn2nc(Br)cc2Br)n(CC)n1. The lowest BCUT2D eigenvalue weighted by atomic mass is 10.3. The van der Waals surface area contributed by atoms with Crippen LogP contribution in [0.25, 0.3) is 0 Å². The van der Waals surface area contributed by atoms with Crippen molar-refractivity contribution in [2.24, 2.45) is 0 Å². The Morgan fingerprint density at radius 1 is 1.12 bits per heavy atom. The lowest BCUT2D eigenvalue weighted by Crippen LogP contribution is -2.09. The molecule has 0 spiro atoms. The molecule has 17 heavy (non-hydrogen) atoms. The molecule has 0 unspecified atom stereocenters. The lowest BCUT2D eigenvalue weighted by molar-refractivity contribution is 0.567. The fraction of sp³-hybridized carbons (Fsp3) is 0.455. The maximum Gasteiger partial charge on any atom is 0.129 e. The third kappa shape index (κ3) is 2.80. The zero-order valence-corrected chi connectivity index (χ0v) is 13.0. The van der Waals surface area contributed by atoms with E-state index < -0.39 is 0 Å². The van der Waals surface area contributed by atoms with E-state index in [0.717, 1.165) is 34.4 Å². The summed E-state index contributed by atoms with van der Waals surface area (Å²) in [5.74, 6) is 0. The van der Waals surface area contributed by atoms with Gasteiger partial charge in [-0.25, -0.2) is 0 Å². The van der Waals surface area contributed by atoms with Gasteiger partial charge in [-0.15, -0.1) is 0 Å². The molecule has 2 heterocycles. The summed E-state index contributed by atoms with van der Waals surface area (Å²) in [6, 6.07) is 4.08. The summed E-state index contributed by atoms with van der Waals surface area (Å²) in [7, 11) is 0. The summed E-state index contributed by atoms with van der Waals surface area (Å²) in [6.45, 7) is 5.83. The first-order valence-corrected chi connectivity index (χ1v) is 7.17. The van der Waals surface area contributed by atoms with Crippen molar-refractivity contribution in [1.82, 2.24) is 19.6 Å². The third-order valence-corrected chi connectivity index (χ3v) is 3.61. The molecule has 0 aliphatic carbocycles. The number of halogens is 2. The fourth-order valence-electron chi connectivity index (χ4n) is 1.72. The van der Waals surface area contributed by atoms with Crippen LogP contribution in [0.5, 0.6) is 0 Å². The van der Waals surface area contributed by atoms with Crippen LogP contribution in [-0.2, 0) is 19.5 Å². The molecule has 2 rings (SSSR count). The van der Waals surface area contributed by atoms with Gasteiger partial charge in [-0.3, -0.25) is 9.36 Å². The minimum absolute atomic E-state index is 0.729. The van der Waals surface area contributed by atoms with Crippen molar-refractivity contribution in [2.75, 3.05) is 0 Å². The number of aromatic nitrogens is 4. The summed E-state index contributed by atoms with van der Waals surface area (Å²) < 4.78 is 5.74. The Balaban J connectivity index is 2.28. The van der Waals surface area contributed by atoms with Crippen LogP contribution in [0.2, 0.25) is 0 Å². The molecule has 0 aliphatic rings. The van der Waals surface area contributed by atoms with E-state index in [0.29, 0.717) is 0 Å². The van der Waals surface area contributed by atoms with Crippen molar-refractivity contribution >= 4 is 31.9 Å².